The Labute approximate surface area is 140 Å². The van der Waals surface area contributed by atoms with E-state index in [1.54, 1.807) is 7.91 Å². The zero-order chi connectivity index (χ0) is 16.0. The summed E-state index contributed by atoms with van der Waals surface area (Å²) in [6.45, 7) is 3.02. The Bertz CT molecular complexity index is 1130. The van der Waals surface area contributed by atoms with Gasteiger partial charge in [-0.05, 0) is 31.2 Å². The van der Waals surface area contributed by atoms with Gasteiger partial charge < -0.3 is 0 Å². The van der Waals surface area contributed by atoms with Crippen molar-refractivity contribution >= 4 is 43.2 Å². The highest BCUT2D eigenvalue weighted by Gasteiger charge is 2.10. The molecule has 0 aliphatic heterocycles. The summed E-state index contributed by atoms with van der Waals surface area (Å²) in [6.07, 6.45) is 0. The number of nitrogens with zero attached hydrogens (tertiary/aromatic N) is 2. The van der Waals surface area contributed by atoms with Crippen LogP contribution in [-0.2, 0) is 13.1 Å². The van der Waals surface area contributed by atoms with Crippen molar-refractivity contribution in [1.29, 1.82) is 0 Å². The predicted octanol–water partition coefficient (Wildman–Crippen LogP) is 3.45. The van der Waals surface area contributed by atoms with Gasteiger partial charge in [-0.1, -0.05) is 46.8 Å². The highest BCUT2D eigenvalue weighted by atomic mass is 32.1. The molecule has 0 aliphatic carbocycles. The fourth-order valence-corrected chi connectivity index (χ4v) is 4.63. The molecule has 116 valence electrons. The van der Waals surface area contributed by atoms with Crippen LogP contribution < -0.4 is 11.1 Å². The van der Waals surface area contributed by atoms with E-state index in [-0.39, 0.29) is 11.1 Å². The lowest BCUT2D eigenvalue weighted by Crippen LogP contribution is -2.20. The quantitative estimate of drug-likeness (QED) is 0.572. The van der Waals surface area contributed by atoms with Gasteiger partial charge in [0.25, 0.3) is 11.1 Å². The number of rotatable bonds is 3. The van der Waals surface area contributed by atoms with Gasteiger partial charge in [-0.2, -0.15) is 0 Å². The van der Waals surface area contributed by atoms with Gasteiger partial charge in [0.15, 0.2) is 0 Å². The van der Waals surface area contributed by atoms with Crippen LogP contribution in [0, 0.1) is 6.92 Å². The molecule has 2 aromatic carbocycles. The Hall–Kier alpha value is -2.18. The first-order valence-electron chi connectivity index (χ1n) is 7.33. The van der Waals surface area contributed by atoms with Crippen LogP contribution in [0.3, 0.4) is 0 Å². The van der Waals surface area contributed by atoms with E-state index in [1.807, 2.05) is 49.4 Å². The minimum atomic E-state index is 0.0237. The molecule has 4 rings (SSSR count). The molecule has 0 radical (unpaired) electrons. The predicted molar refractivity (Wildman–Crippen MR) is 96.9 cm³/mol. The molecule has 23 heavy (non-hydrogen) atoms. The van der Waals surface area contributed by atoms with Gasteiger partial charge in [0, 0.05) is 0 Å². The molecular formula is C17H14N2O2S2. The van der Waals surface area contributed by atoms with Crippen molar-refractivity contribution in [1.82, 2.24) is 7.91 Å². The van der Waals surface area contributed by atoms with Crippen LogP contribution in [0.4, 0.5) is 0 Å². The van der Waals surface area contributed by atoms with Gasteiger partial charge in [-0.3, -0.25) is 17.5 Å². The van der Waals surface area contributed by atoms with Gasteiger partial charge in [0.1, 0.15) is 0 Å². The molecule has 0 saturated heterocycles. The summed E-state index contributed by atoms with van der Waals surface area (Å²) < 4.78 is 5.44. The fraction of sp³-hybridized carbons (Fsp3) is 0.176. The minimum Gasteiger partial charge on any atom is -0.268 e. The maximum absolute atomic E-state index is 12.4. The van der Waals surface area contributed by atoms with E-state index >= 15 is 0 Å². The zero-order valence-corrected chi connectivity index (χ0v) is 14.1. The third kappa shape index (κ3) is 2.44. The van der Waals surface area contributed by atoms with E-state index in [9.17, 15) is 9.59 Å². The highest BCUT2D eigenvalue weighted by Crippen LogP contribution is 2.19. The van der Waals surface area contributed by atoms with Gasteiger partial charge >= 0.3 is 0 Å². The Morgan fingerprint density at radius 1 is 0.826 bits per heavy atom. The van der Waals surface area contributed by atoms with Gasteiger partial charge in [0.05, 0.1) is 33.3 Å². The Morgan fingerprint density at radius 2 is 1.43 bits per heavy atom. The number of hydrogen-bond acceptors (Lipinski definition) is 4. The van der Waals surface area contributed by atoms with E-state index in [1.165, 1.54) is 23.1 Å². The second kappa shape index (κ2) is 5.47. The first-order valence-corrected chi connectivity index (χ1v) is 8.87. The summed E-state index contributed by atoms with van der Waals surface area (Å²) >= 11 is 2.91. The van der Waals surface area contributed by atoms with E-state index in [2.05, 4.69) is 0 Å². The number of benzene rings is 2. The molecular weight excluding hydrogens is 328 g/mol. The summed E-state index contributed by atoms with van der Waals surface area (Å²) in [7, 11) is 0. The monoisotopic (exact) mass is 342 g/mol. The molecule has 4 aromatic rings. The molecule has 0 atom stereocenters. The van der Waals surface area contributed by atoms with Gasteiger partial charge in [-0.15, -0.1) is 0 Å². The average molecular weight is 342 g/mol. The van der Waals surface area contributed by atoms with Crippen LogP contribution in [0.25, 0.3) is 20.2 Å². The average Bonchev–Trinajstić information content (AvgIpc) is 3.04. The van der Waals surface area contributed by atoms with Crippen LogP contribution in [0.2, 0.25) is 0 Å². The molecule has 0 spiro atoms. The molecule has 0 saturated carbocycles. The SMILES string of the molecule is Cc1ccc2sn(CCn3sc4ccccc4c3=O)c(=O)c2c1. The summed E-state index contributed by atoms with van der Waals surface area (Å²) in [5.41, 5.74) is 1.14. The summed E-state index contributed by atoms with van der Waals surface area (Å²) in [4.78, 5) is 24.8. The lowest BCUT2D eigenvalue weighted by molar-refractivity contribution is 0.623. The lowest BCUT2D eigenvalue weighted by Gasteiger charge is -2.00. The third-order valence-electron chi connectivity index (χ3n) is 3.86. The van der Waals surface area contributed by atoms with E-state index in [0.29, 0.717) is 13.1 Å². The Balaban J connectivity index is 1.68. The largest absolute Gasteiger partial charge is 0.268 e. The smallest absolute Gasteiger partial charge is 0.268 e. The van der Waals surface area contributed by atoms with Crippen LogP contribution in [0.15, 0.2) is 52.1 Å². The standard InChI is InChI=1S/C17H14N2O2S2/c1-11-6-7-15-13(10-11)17(21)19(23-15)9-8-18-16(20)12-4-2-3-5-14(12)22-18/h2-7,10H,8-9H2,1H3. The van der Waals surface area contributed by atoms with E-state index in [4.69, 9.17) is 0 Å². The topological polar surface area (TPSA) is 44.0 Å². The Kier molecular flexibility index (Phi) is 3.43. The molecule has 4 nitrogen and oxygen atoms in total. The van der Waals surface area contributed by atoms with Crippen molar-refractivity contribution in [2.75, 3.05) is 0 Å². The normalized spacial score (nSPS) is 11.5. The van der Waals surface area contributed by atoms with Crippen molar-refractivity contribution in [2.24, 2.45) is 0 Å². The molecule has 6 heteroatoms. The molecule has 0 amide bonds. The van der Waals surface area contributed by atoms with Crippen LogP contribution in [0.1, 0.15) is 5.56 Å². The van der Waals surface area contributed by atoms with E-state index < -0.39 is 0 Å². The second-order valence-corrected chi connectivity index (χ2v) is 7.62. The van der Waals surface area contributed by atoms with Crippen molar-refractivity contribution < 1.29 is 0 Å². The molecule has 0 N–H and O–H groups in total. The molecule has 0 unspecified atom stereocenters. The Morgan fingerprint density at radius 3 is 2.13 bits per heavy atom. The second-order valence-electron chi connectivity index (χ2n) is 5.49. The van der Waals surface area contributed by atoms with Crippen LogP contribution in [-0.4, -0.2) is 7.91 Å². The third-order valence-corrected chi connectivity index (χ3v) is 6.10. The van der Waals surface area contributed by atoms with Crippen LogP contribution in [0.5, 0.6) is 0 Å². The summed E-state index contributed by atoms with van der Waals surface area (Å²) in [5, 5.41) is 1.51. The first-order chi connectivity index (χ1) is 11.1. The molecule has 2 aromatic heterocycles. The number of aryl methyl sites for hydroxylation is 3. The van der Waals surface area contributed by atoms with Crippen LogP contribution >= 0.6 is 23.1 Å². The zero-order valence-electron chi connectivity index (χ0n) is 12.5. The molecule has 0 fully saturated rings. The summed E-state index contributed by atoms with van der Waals surface area (Å²) in [6, 6.07) is 13.5. The van der Waals surface area contributed by atoms with Crippen molar-refractivity contribution in [3.05, 3.63) is 68.7 Å². The molecule has 0 aliphatic rings. The first kappa shape index (κ1) is 14.4. The number of hydrogen-bond donors (Lipinski definition) is 0. The van der Waals surface area contributed by atoms with E-state index in [0.717, 1.165) is 25.7 Å². The molecule has 0 bridgehead atoms. The fourth-order valence-electron chi connectivity index (χ4n) is 2.68. The molecule has 2 heterocycles. The number of fused-ring (bicyclic) bond motifs is 2. The number of aromatic nitrogens is 2. The summed E-state index contributed by atoms with van der Waals surface area (Å²) in [5.74, 6) is 0. The lowest BCUT2D eigenvalue weighted by atomic mass is 10.2. The van der Waals surface area contributed by atoms with Crippen molar-refractivity contribution in [2.45, 2.75) is 20.0 Å². The van der Waals surface area contributed by atoms with Crippen molar-refractivity contribution in [3.8, 4) is 0 Å². The maximum atomic E-state index is 12.4. The van der Waals surface area contributed by atoms with Crippen molar-refractivity contribution in [3.63, 3.8) is 0 Å². The minimum absolute atomic E-state index is 0.0237. The van der Waals surface area contributed by atoms with Gasteiger partial charge in [0.2, 0.25) is 0 Å². The highest BCUT2D eigenvalue weighted by molar-refractivity contribution is 7.14. The maximum Gasteiger partial charge on any atom is 0.268 e. The van der Waals surface area contributed by atoms with Gasteiger partial charge in [-0.25, -0.2) is 0 Å².